The van der Waals surface area contributed by atoms with Crippen LogP contribution >= 0.6 is 23.2 Å². The summed E-state index contributed by atoms with van der Waals surface area (Å²) in [5, 5.41) is 7.19. The van der Waals surface area contributed by atoms with Gasteiger partial charge in [0.1, 0.15) is 17.3 Å². The van der Waals surface area contributed by atoms with E-state index in [9.17, 15) is 0 Å². The van der Waals surface area contributed by atoms with Crippen LogP contribution in [-0.4, -0.2) is 24.2 Å². The Bertz CT molecular complexity index is 901. The van der Waals surface area contributed by atoms with Gasteiger partial charge in [0.15, 0.2) is 0 Å². The lowest BCUT2D eigenvalue weighted by molar-refractivity contribution is 0.405. The number of nitrogens with one attached hydrogen (secondary N) is 2. The number of aromatic nitrogens is 2. The Hall–Kier alpha value is -2.70. The molecule has 1 aromatic heterocycles. The monoisotopic (exact) mass is 390 g/mol. The highest BCUT2D eigenvalue weighted by Crippen LogP contribution is 2.33. The fourth-order valence-corrected chi connectivity index (χ4v) is 2.76. The van der Waals surface area contributed by atoms with E-state index in [4.69, 9.17) is 32.7 Å². The molecule has 2 N–H and O–H groups in total. The number of methoxy groups -OCH3 is 2. The number of hydrogen-bond acceptors (Lipinski definition) is 6. The maximum absolute atomic E-state index is 6.17. The van der Waals surface area contributed by atoms with Crippen molar-refractivity contribution in [1.82, 2.24) is 9.97 Å². The number of anilines is 4. The molecule has 1 heterocycles. The molecule has 0 unspecified atom stereocenters. The van der Waals surface area contributed by atoms with E-state index in [1.807, 2.05) is 18.2 Å². The van der Waals surface area contributed by atoms with Gasteiger partial charge in [-0.1, -0.05) is 29.3 Å². The summed E-state index contributed by atoms with van der Waals surface area (Å²) in [4.78, 5) is 8.63. The Morgan fingerprint density at radius 3 is 2.38 bits per heavy atom. The van der Waals surface area contributed by atoms with Crippen LogP contribution in [0.3, 0.4) is 0 Å². The molecule has 6 nitrogen and oxygen atoms in total. The summed E-state index contributed by atoms with van der Waals surface area (Å²) in [5.41, 5.74) is 1.26. The van der Waals surface area contributed by atoms with E-state index in [0.717, 1.165) is 0 Å². The highest BCUT2D eigenvalue weighted by atomic mass is 35.5. The summed E-state index contributed by atoms with van der Waals surface area (Å²) >= 11 is 12.3. The van der Waals surface area contributed by atoms with Crippen molar-refractivity contribution in [3.8, 4) is 11.5 Å². The van der Waals surface area contributed by atoms with Gasteiger partial charge in [-0.15, -0.1) is 0 Å². The molecule has 3 rings (SSSR count). The van der Waals surface area contributed by atoms with Crippen LogP contribution in [0.2, 0.25) is 10.0 Å². The average molecular weight is 391 g/mol. The van der Waals surface area contributed by atoms with Crippen LogP contribution in [0.5, 0.6) is 11.5 Å². The lowest BCUT2D eigenvalue weighted by atomic mass is 10.2. The van der Waals surface area contributed by atoms with Gasteiger partial charge >= 0.3 is 0 Å². The van der Waals surface area contributed by atoms with Crippen LogP contribution in [0.25, 0.3) is 0 Å². The van der Waals surface area contributed by atoms with E-state index in [2.05, 4.69) is 20.6 Å². The number of ether oxygens (including phenoxy) is 2. The molecule has 0 atom stereocenters. The molecule has 0 aliphatic heterocycles. The Labute approximate surface area is 161 Å². The van der Waals surface area contributed by atoms with Gasteiger partial charge in [0.05, 0.1) is 35.6 Å². The Morgan fingerprint density at radius 1 is 0.923 bits per heavy atom. The molecule has 0 saturated heterocycles. The second-order valence-corrected chi connectivity index (χ2v) is 5.99. The molecule has 3 aromatic rings. The second kappa shape index (κ2) is 8.12. The normalized spacial score (nSPS) is 10.3. The summed E-state index contributed by atoms with van der Waals surface area (Å²) in [6, 6.07) is 12.4. The minimum atomic E-state index is 0.354. The van der Waals surface area contributed by atoms with Crippen molar-refractivity contribution in [2.75, 3.05) is 24.9 Å². The van der Waals surface area contributed by atoms with Crippen molar-refractivity contribution in [3.05, 3.63) is 58.7 Å². The van der Waals surface area contributed by atoms with Crippen LogP contribution in [0, 0.1) is 0 Å². The van der Waals surface area contributed by atoms with Gasteiger partial charge < -0.3 is 20.1 Å². The zero-order chi connectivity index (χ0) is 18.5. The SMILES string of the molecule is COc1ccc(OC)c(Nc2ccnc(Nc3c(Cl)cccc3Cl)n2)c1. The van der Waals surface area contributed by atoms with Crippen molar-refractivity contribution < 1.29 is 9.47 Å². The number of nitrogens with zero attached hydrogens (tertiary/aromatic N) is 2. The van der Waals surface area contributed by atoms with Crippen molar-refractivity contribution in [2.24, 2.45) is 0 Å². The molecule has 8 heteroatoms. The van der Waals surface area contributed by atoms with Gasteiger partial charge in [0.25, 0.3) is 0 Å². The van der Waals surface area contributed by atoms with E-state index in [0.29, 0.717) is 44.7 Å². The number of hydrogen-bond donors (Lipinski definition) is 2. The lowest BCUT2D eigenvalue weighted by Crippen LogP contribution is -2.02. The predicted molar refractivity (Wildman–Crippen MR) is 105 cm³/mol. The quantitative estimate of drug-likeness (QED) is 0.595. The number of para-hydroxylation sites is 1. The van der Waals surface area contributed by atoms with Crippen molar-refractivity contribution in [1.29, 1.82) is 0 Å². The van der Waals surface area contributed by atoms with E-state index in [-0.39, 0.29) is 0 Å². The standard InChI is InChI=1S/C18H16Cl2N4O2/c1-25-11-6-7-15(26-2)14(10-11)22-16-8-9-21-18(23-16)24-17-12(19)4-3-5-13(17)20/h3-10H,1-2H3,(H2,21,22,23,24). The Morgan fingerprint density at radius 2 is 1.69 bits per heavy atom. The minimum absolute atomic E-state index is 0.354. The van der Waals surface area contributed by atoms with Gasteiger partial charge in [-0.2, -0.15) is 4.98 Å². The van der Waals surface area contributed by atoms with Crippen LogP contribution in [-0.2, 0) is 0 Å². The van der Waals surface area contributed by atoms with Gasteiger partial charge in [0.2, 0.25) is 5.95 Å². The summed E-state index contributed by atoms with van der Waals surface area (Å²) in [7, 11) is 3.20. The molecule has 0 fully saturated rings. The maximum Gasteiger partial charge on any atom is 0.229 e. The molecule has 0 bridgehead atoms. The highest BCUT2D eigenvalue weighted by Gasteiger charge is 2.10. The average Bonchev–Trinajstić information content (AvgIpc) is 2.65. The van der Waals surface area contributed by atoms with Gasteiger partial charge in [-0.05, 0) is 30.3 Å². The van der Waals surface area contributed by atoms with Crippen molar-refractivity contribution in [3.63, 3.8) is 0 Å². The third kappa shape index (κ3) is 4.09. The molecule has 0 radical (unpaired) electrons. The molecule has 134 valence electrons. The first-order valence-electron chi connectivity index (χ1n) is 7.64. The third-order valence-electron chi connectivity index (χ3n) is 3.52. The molecule has 0 aliphatic rings. The molecule has 0 saturated carbocycles. The Kier molecular flexibility index (Phi) is 5.65. The molecule has 2 aromatic carbocycles. The lowest BCUT2D eigenvalue weighted by Gasteiger charge is -2.13. The summed E-state index contributed by atoms with van der Waals surface area (Å²) < 4.78 is 10.6. The van der Waals surface area contributed by atoms with E-state index in [1.165, 1.54) is 0 Å². The van der Waals surface area contributed by atoms with E-state index >= 15 is 0 Å². The molecule has 0 spiro atoms. The summed E-state index contributed by atoms with van der Waals surface area (Å²) in [6.07, 6.45) is 1.62. The number of benzene rings is 2. The van der Waals surface area contributed by atoms with Crippen LogP contribution in [0.4, 0.5) is 23.1 Å². The van der Waals surface area contributed by atoms with Gasteiger partial charge in [-0.3, -0.25) is 0 Å². The molecule has 0 amide bonds. The molecule has 0 aliphatic carbocycles. The molecular formula is C18H16Cl2N4O2. The summed E-state index contributed by atoms with van der Waals surface area (Å²) in [5.74, 6) is 2.28. The van der Waals surface area contributed by atoms with Crippen LogP contribution < -0.4 is 20.1 Å². The predicted octanol–water partition coefficient (Wildman–Crippen LogP) is 5.29. The number of rotatable bonds is 6. The van der Waals surface area contributed by atoms with Crippen LogP contribution in [0.15, 0.2) is 48.7 Å². The van der Waals surface area contributed by atoms with Gasteiger partial charge in [-0.25, -0.2) is 4.98 Å². The molecular weight excluding hydrogens is 375 g/mol. The first-order valence-corrected chi connectivity index (χ1v) is 8.39. The first kappa shape index (κ1) is 18.1. The molecule has 26 heavy (non-hydrogen) atoms. The minimum Gasteiger partial charge on any atom is -0.497 e. The fourth-order valence-electron chi connectivity index (χ4n) is 2.27. The van der Waals surface area contributed by atoms with Crippen LogP contribution in [0.1, 0.15) is 0 Å². The number of halogens is 2. The van der Waals surface area contributed by atoms with E-state index in [1.54, 1.807) is 44.7 Å². The first-order chi connectivity index (χ1) is 12.6. The topological polar surface area (TPSA) is 68.3 Å². The van der Waals surface area contributed by atoms with Gasteiger partial charge in [0, 0.05) is 12.3 Å². The largest absolute Gasteiger partial charge is 0.497 e. The third-order valence-corrected chi connectivity index (χ3v) is 4.15. The van der Waals surface area contributed by atoms with Crippen molar-refractivity contribution in [2.45, 2.75) is 0 Å². The second-order valence-electron chi connectivity index (χ2n) is 5.18. The van der Waals surface area contributed by atoms with E-state index < -0.39 is 0 Å². The smallest absolute Gasteiger partial charge is 0.229 e. The summed E-state index contributed by atoms with van der Waals surface area (Å²) in [6.45, 7) is 0. The zero-order valence-electron chi connectivity index (χ0n) is 14.1. The van der Waals surface area contributed by atoms with Crippen molar-refractivity contribution >= 4 is 46.3 Å². The zero-order valence-corrected chi connectivity index (χ0v) is 15.6. The fraction of sp³-hybridized carbons (Fsp3) is 0.111. The maximum atomic E-state index is 6.17. The Balaban J connectivity index is 1.86. The highest BCUT2D eigenvalue weighted by molar-refractivity contribution is 6.39.